The number of likely N-dealkylation sites (N-methyl/N-ethyl adjacent to an activating group) is 1. The number of anilines is 1. The quantitative estimate of drug-likeness (QED) is 0.858. The third-order valence-electron chi connectivity index (χ3n) is 2.71. The first-order valence-electron chi connectivity index (χ1n) is 6.34. The van der Waals surface area contributed by atoms with Crippen LogP contribution in [-0.4, -0.2) is 55.3 Å². The monoisotopic (exact) mass is 341 g/mol. The van der Waals surface area contributed by atoms with E-state index in [2.05, 4.69) is 21.2 Å². The van der Waals surface area contributed by atoms with Gasteiger partial charge in [0.1, 0.15) is 0 Å². The van der Waals surface area contributed by atoms with Crippen molar-refractivity contribution in [1.82, 2.24) is 9.80 Å². The lowest BCUT2D eigenvalue weighted by Gasteiger charge is -2.22. The predicted octanol–water partition coefficient (Wildman–Crippen LogP) is 1.80. The molecule has 1 aromatic rings. The molecule has 0 aromatic heterocycles. The highest BCUT2D eigenvalue weighted by Gasteiger charge is 2.13. The number of rotatable bonds is 6. The summed E-state index contributed by atoms with van der Waals surface area (Å²) in [5.74, 6) is -0.298. The number of carbonyl (C=O) groups is 2. The Bertz CT molecular complexity index is 477. The van der Waals surface area contributed by atoms with E-state index in [0.29, 0.717) is 12.2 Å². The van der Waals surface area contributed by atoms with Gasteiger partial charge in [-0.1, -0.05) is 22.0 Å². The number of amides is 2. The van der Waals surface area contributed by atoms with Crippen molar-refractivity contribution in [2.45, 2.75) is 6.92 Å². The van der Waals surface area contributed by atoms with Crippen molar-refractivity contribution in [3.8, 4) is 0 Å². The second-order valence-electron chi connectivity index (χ2n) is 4.80. The summed E-state index contributed by atoms with van der Waals surface area (Å²) in [6.07, 6.45) is 0. The number of carbonyl (C=O) groups excluding carboxylic acids is 2. The summed E-state index contributed by atoms with van der Waals surface area (Å²) in [6.45, 7) is 2.80. The molecule has 0 aliphatic heterocycles. The van der Waals surface area contributed by atoms with Gasteiger partial charge in [-0.3, -0.25) is 9.59 Å². The minimum absolute atomic E-state index is 0.0652. The maximum absolute atomic E-state index is 11.9. The van der Waals surface area contributed by atoms with Crippen LogP contribution in [0.2, 0.25) is 0 Å². The minimum Gasteiger partial charge on any atom is -0.332 e. The van der Waals surface area contributed by atoms with E-state index in [1.807, 2.05) is 37.2 Å². The average molecular weight is 342 g/mol. The molecule has 0 bridgehead atoms. The molecule has 1 rings (SSSR count). The topological polar surface area (TPSA) is 52.7 Å². The summed E-state index contributed by atoms with van der Waals surface area (Å²) in [6, 6.07) is 7.35. The number of nitrogens with zero attached hydrogens (tertiary/aromatic N) is 2. The van der Waals surface area contributed by atoms with E-state index < -0.39 is 0 Å². The molecular weight excluding hydrogens is 322 g/mol. The normalized spacial score (nSPS) is 10.4. The molecule has 0 atom stereocenters. The highest BCUT2D eigenvalue weighted by molar-refractivity contribution is 9.10. The summed E-state index contributed by atoms with van der Waals surface area (Å²) in [7, 11) is 3.86. The van der Waals surface area contributed by atoms with Crippen molar-refractivity contribution in [3.63, 3.8) is 0 Å². The minimum atomic E-state index is -0.197. The molecule has 1 aromatic carbocycles. The van der Waals surface area contributed by atoms with Crippen molar-refractivity contribution in [1.29, 1.82) is 0 Å². The van der Waals surface area contributed by atoms with Crippen LogP contribution < -0.4 is 5.32 Å². The Labute approximate surface area is 128 Å². The third kappa shape index (κ3) is 6.16. The molecule has 0 aliphatic carbocycles. The molecule has 0 fully saturated rings. The Morgan fingerprint density at radius 3 is 2.50 bits per heavy atom. The van der Waals surface area contributed by atoms with Crippen molar-refractivity contribution in [2.24, 2.45) is 0 Å². The summed E-state index contributed by atoms with van der Waals surface area (Å²) in [5.41, 5.74) is 0.709. The number of hydrogen-bond acceptors (Lipinski definition) is 3. The number of nitrogens with one attached hydrogen (secondary N) is 1. The standard InChI is InChI=1S/C14H20BrN3O2/c1-11(19)18(8-7-17(2)3)10-14(20)16-13-6-4-5-12(15)9-13/h4-6,9H,7-8,10H2,1-3H3,(H,16,20). The van der Waals surface area contributed by atoms with Crippen LogP contribution >= 0.6 is 15.9 Å². The van der Waals surface area contributed by atoms with Gasteiger partial charge < -0.3 is 15.1 Å². The smallest absolute Gasteiger partial charge is 0.243 e. The van der Waals surface area contributed by atoms with E-state index in [0.717, 1.165) is 11.0 Å². The van der Waals surface area contributed by atoms with Gasteiger partial charge in [-0.15, -0.1) is 0 Å². The van der Waals surface area contributed by atoms with Gasteiger partial charge >= 0.3 is 0 Å². The van der Waals surface area contributed by atoms with Crippen LogP contribution in [0.4, 0.5) is 5.69 Å². The third-order valence-corrected chi connectivity index (χ3v) is 3.20. The molecular formula is C14H20BrN3O2. The molecule has 0 spiro atoms. The Hall–Kier alpha value is -1.40. The zero-order valence-corrected chi connectivity index (χ0v) is 13.6. The summed E-state index contributed by atoms with van der Waals surface area (Å²) in [5, 5.41) is 2.78. The van der Waals surface area contributed by atoms with Crippen LogP contribution in [0.5, 0.6) is 0 Å². The van der Waals surface area contributed by atoms with Gasteiger partial charge in [-0.2, -0.15) is 0 Å². The van der Waals surface area contributed by atoms with Crippen molar-refractivity contribution in [2.75, 3.05) is 39.0 Å². The summed E-state index contributed by atoms with van der Waals surface area (Å²) in [4.78, 5) is 27.0. The van der Waals surface area contributed by atoms with Crippen molar-refractivity contribution < 1.29 is 9.59 Å². The fraction of sp³-hybridized carbons (Fsp3) is 0.429. The average Bonchev–Trinajstić information content (AvgIpc) is 2.33. The summed E-state index contributed by atoms with van der Waals surface area (Å²) < 4.78 is 0.895. The zero-order chi connectivity index (χ0) is 15.1. The number of hydrogen-bond donors (Lipinski definition) is 1. The molecule has 20 heavy (non-hydrogen) atoms. The number of benzene rings is 1. The SMILES string of the molecule is CC(=O)N(CCN(C)C)CC(=O)Nc1cccc(Br)c1. The molecule has 0 aliphatic rings. The van der Waals surface area contributed by atoms with Crippen molar-refractivity contribution in [3.05, 3.63) is 28.7 Å². The van der Waals surface area contributed by atoms with Crippen molar-refractivity contribution >= 4 is 33.4 Å². The van der Waals surface area contributed by atoms with Gasteiger partial charge in [0.25, 0.3) is 0 Å². The van der Waals surface area contributed by atoms with Crippen LogP contribution in [0.1, 0.15) is 6.92 Å². The fourth-order valence-corrected chi connectivity index (χ4v) is 2.01. The van der Waals surface area contributed by atoms with E-state index in [4.69, 9.17) is 0 Å². The lowest BCUT2D eigenvalue weighted by molar-refractivity contribution is -0.132. The fourth-order valence-electron chi connectivity index (χ4n) is 1.61. The largest absolute Gasteiger partial charge is 0.332 e. The molecule has 0 saturated heterocycles. The van der Waals surface area contributed by atoms with E-state index in [9.17, 15) is 9.59 Å². The molecule has 2 amide bonds. The zero-order valence-electron chi connectivity index (χ0n) is 12.0. The molecule has 110 valence electrons. The molecule has 6 heteroatoms. The molecule has 1 N–H and O–H groups in total. The van der Waals surface area contributed by atoms with E-state index >= 15 is 0 Å². The Morgan fingerprint density at radius 2 is 1.95 bits per heavy atom. The van der Waals surface area contributed by atoms with Gasteiger partial charge in [0.15, 0.2) is 0 Å². The van der Waals surface area contributed by atoms with E-state index in [1.165, 1.54) is 11.8 Å². The first-order valence-corrected chi connectivity index (χ1v) is 7.13. The van der Waals surface area contributed by atoms with Crippen LogP contribution in [-0.2, 0) is 9.59 Å². The molecule has 0 saturated carbocycles. The van der Waals surface area contributed by atoms with Gasteiger partial charge in [0, 0.05) is 30.2 Å². The van der Waals surface area contributed by atoms with Crippen LogP contribution in [0, 0.1) is 0 Å². The van der Waals surface area contributed by atoms with Crippen LogP contribution in [0.25, 0.3) is 0 Å². The molecule has 0 heterocycles. The first kappa shape index (κ1) is 16.7. The van der Waals surface area contributed by atoms with Crippen LogP contribution in [0.15, 0.2) is 28.7 Å². The highest BCUT2D eigenvalue weighted by atomic mass is 79.9. The Balaban J connectivity index is 2.55. The lowest BCUT2D eigenvalue weighted by Crippen LogP contribution is -2.40. The van der Waals surface area contributed by atoms with Gasteiger partial charge in [0.05, 0.1) is 6.54 Å². The first-order chi connectivity index (χ1) is 9.38. The van der Waals surface area contributed by atoms with Crippen LogP contribution in [0.3, 0.4) is 0 Å². The molecule has 5 nitrogen and oxygen atoms in total. The Kier molecular flexibility index (Phi) is 6.67. The predicted molar refractivity (Wildman–Crippen MR) is 83.6 cm³/mol. The second kappa shape index (κ2) is 8.01. The maximum Gasteiger partial charge on any atom is 0.243 e. The summed E-state index contributed by atoms with van der Waals surface area (Å²) >= 11 is 3.35. The maximum atomic E-state index is 11.9. The molecule has 0 unspecified atom stereocenters. The Morgan fingerprint density at radius 1 is 1.25 bits per heavy atom. The highest BCUT2D eigenvalue weighted by Crippen LogP contribution is 2.15. The van der Waals surface area contributed by atoms with Gasteiger partial charge in [0.2, 0.25) is 11.8 Å². The van der Waals surface area contributed by atoms with Gasteiger partial charge in [-0.25, -0.2) is 0 Å². The lowest BCUT2D eigenvalue weighted by atomic mass is 10.3. The van der Waals surface area contributed by atoms with E-state index in [1.54, 1.807) is 6.07 Å². The number of halogens is 1. The second-order valence-corrected chi connectivity index (χ2v) is 5.72. The van der Waals surface area contributed by atoms with E-state index in [-0.39, 0.29) is 18.4 Å². The molecule has 0 radical (unpaired) electrons. The van der Waals surface area contributed by atoms with Gasteiger partial charge in [-0.05, 0) is 32.3 Å².